The molecule has 2 unspecified atom stereocenters. The van der Waals surface area contributed by atoms with Gasteiger partial charge in [-0.15, -0.1) is 0 Å². The average molecular weight is 273 g/mol. The van der Waals surface area contributed by atoms with E-state index in [9.17, 15) is 15.3 Å². The third-order valence-electron chi connectivity index (χ3n) is 2.87. The predicted molar refractivity (Wildman–Crippen MR) is 72.1 cm³/mol. The van der Waals surface area contributed by atoms with E-state index >= 15 is 0 Å². The highest BCUT2D eigenvalue weighted by Gasteiger charge is 2.16. The second-order valence-electron chi connectivity index (χ2n) is 4.07. The van der Waals surface area contributed by atoms with Gasteiger partial charge < -0.3 is 25.7 Å². The minimum absolute atomic E-state index is 0.0559. The van der Waals surface area contributed by atoms with Crippen LogP contribution in [0.15, 0.2) is 12.1 Å². The lowest BCUT2D eigenvalue weighted by Gasteiger charge is -2.21. The molecule has 0 bridgehead atoms. The first-order valence-corrected chi connectivity index (χ1v) is 6.89. The molecular formula is C12H19NO4S. The van der Waals surface area contributed by atoms with Crippen molar-refractivity contribution in [2.24, 2.45) is 0 Å². The van der Waals surface area contributed by atoms with Crippen molar-refractivity contribution < 1.29 is 20.4 Å². The Hall–Kier alpha value is -1.11. The molecule has 18 heavy (non-hydrogen) atoms. The van der Waals surface area contributed by atoms with Crippen LogP contribution in [0.25, 0.3) is 0 Å². The molecule has 2 atom stereocenters. The maximum atomic E-state index is 9.64. The molecule has 0 fully saturated rings. The Balaban J connectivity index is 2.67. The van der Waals surface area contributed by atoms with E-state index in [2.05, 4.69) is 5.32 Å². The molecule has 1 aromatic carbocycles. The summed E-state index contributed by atoms with van der Waals surface area (Å²) >= 11 is 1.56. The fourth-order valence-corrected chi connectivity index (χ4v) is 2.25. The van der Waals surface area contributed by atoms with Gasteiger partial charge in [-0.2, -0.15) is 11.8 Å². The normalized spacial score (nSPS) is 14.4. The number of rotatable bonds is 6. The molecule has 5 nitrogen and oxygen atoms in total. The minimum Gasteiger partial charge on any atom is -0.504 e. The molecule has 6 heteroatoms. The van der Waals surface area contributed by atoms with E-state index in [4.69, 9.17) is 5.11 Å². The highest BCUT2D eigenvalue weighted by atomic mass is 32.2. The van der Waals surface area contributed by atoms with Gasteiger partial charge in [0.25, 0.3) is 0 Å². The third-order valence-corrected chi connectivity index (χ3v) is 4.03. The van der Waals surface area contributed by atoms with Crippen molar-refractivity contribution in [2.75, 3.05) is 12.9 Å². The maximum absolute atomic E-state index is 9.64. The second kappa shape index (κ2) is 6.72. The molecular weight excluding hydrogens is 254 g/mol. The van der Waals surface area contributed by atoms with Gasteiger partial charge in [0, 0.05) is 23.4 Å². The van der Waals surface area contributed by atoms with Gasteiger partial charge in [0.1, 0.15) is 0 Å². The molecule has 0 aliphatic heterocycles. The average Bonchev–Trinajstić information content (AvgIpc) is 2.36. The number of hydrogen-bond acceptors (Lipinski definition) is 6. The predicted octanol–water partition coefficient (Wildman–Crippen LogP) is 1.01. The van der Waals surface area contributed by atoms with E-state index in [1.165, 1.54) is 12.1 Å². The molecule has 1 rings (SSSR count). The molecule has 0 amide bonds. The van der Waals surface area contributed by atoms with Crippen LogP contribution in [0.1, 0.15) is 12.5 Å². The van der Waals surface area contributed by atoms with Crippen LogP contribution >= 0.6 is 11.8 Å². The number of aromatic hydroxyl groups is 3. The van der Waals surface area contributed by atoms with Crippen LogP contribution < -0.4 is 5.32 Å². The Morgan fingerprint density at radius 2 is 1.89 bits per heavy atom. The van der Waals surface area contributed by atoms with Gasteiger partial charge in [-0.25, -0.2) is 0 Å². The minimum atomic E-state index is -0.509. The molecule has 1 aromatic rings. The zero-order chi connectivity index (χ0) is 13.7. The van der Waals surface area contributed by atoms with Crippen molar-refractivity contribution in [3.63, 3.8) is 0 Å². The summed E-state index contributed by atoms with van der Waals surface area (Å²) in [5, 5.41) is 40.6. The van der Waals surface area contributed by atoms with E-state index in [1.54, 1.807) is 11.8 Å². The van der Waals surface area contributed by atoms with Gasteiger partial charge in [0.2, 0.25) is 5.75 Å². The number of aliphatic hydroxyl groups is 1. The Kier molecular flexibility index (Phi) is 5.58. The molecule has 0 saturated carbocycles. The van der Waals surface area contributed by atoms with E-state index in [0.29, 0.717) is 12.1 Å². The maximum Gasteiger partial charge on any atom is 0.200 e. The van der Waals surface area contributed by atoms with Gasteiger partial charge in [-0.1, -0.05) is 6.07 Å². The monoisotopic (exact) mass is 273 g/mol. The van der Waals surface area contributed by atoms with Gasteiger partial charge in [-0.05, 0) is 19.2 Å². The Morgan fingerprint density at radius 1 is 1.22 bits per heavy atom. The number of benzene rings is 1. The van der Waals surface area contributed by atoms with Crippen LogP contribution in [-0.2, 0) is 6.54 Å². The van der Waals surface area contributed by atoms with E-state index < -0.39 is 5.75 Å². The van der Waals surface area contributed by atoms with Gasteiger partial charge in [0.05, 0.1) is 6.61 Å². The highest BCUT2D eigenvalue weighted by Crippen LogP contribution is 2.36. The second-order valence-corrected chi connectivity index (χ2v) is 5.14. The van der Waals surface area contributed by atoms with Crippen molar-refractivity contribution in [1.82, 2.24) is 5.32 Å². The zero-order valence-corrected chi connectivity index (χ0v) is 11.2. The summed E-state index contributed by atoms with van der Waals surface area (Å²) in [5.41, 5.74) is 0.495. The molecule has 5 N–H and O–H groups in total. The zero-order valence-electron chi connectivity index (χ0n) is 10.4. The Labute approximate surface area is 110 Å². The SMILES string of the molecule is CSC(CO)C(C)NCc1ccc(O)c(O)c1O. The number of phenolic OH excluding ortho intramolecular Hbond substituents is 3. The first-order valence-electron chi connectivity index (χ1n) is 5.61. The summed E-state index contributed by atoms with van der Waals surface area (Å²) in [5.74, 6) is -1.17. The highest BCUT2D eigenvalue weighted by molar-refractivity contribution is 7.99. The van der Waals surface area contributed by atoms with Crippen molar-refractivity contribution in [3.8, 4) is 17.2 Å². The number of thioether (sulfide) groups is 1. The summed E-state index contributed by atoms with van der Waals surface area (Å²) in [4.78, 5) is 0. The standard InChI is InChI=1S/C12H19NO4S/c1-7(10(6-14)18-2)13-5-8-3-4-9(15)12(17)11(8)16/h3-4,7,10,13-17H,5-6H2,1-2H3. The van der Waals surface area contributed by atoms with Crippen LogP contribution in [0.3, 0.4) is 0 Å². The summed E-state index contributed by atoms with van der Waals surface area (Å²) in [6, 6.07) is 2.92. The lowest BCUT2D eigenvalue weighted by molar-refractivity contribution is 0.275. The molecule has 0 radical (unpaired) electrons. The molecule has 0 aliphatic carbocycles. The van der Waals surface area contributed by atoms with Crippen molar-refractivity contribution in [3.05, 3.63) is 17.7 Å². The molecule has 0 heterocycles. The van der Waals surface area contributed by atoms with Crippen LogP contribution in [0.5, 0.6) is 17.2 Å². The fourth-order valence-electron chi connectivity index (χ4n) is 1.59. The summed E-state index contributed by atoms with van der Waals surface area (Å²) < 4.78 is 0. The van der Waals surface area contributed by atoms with Gasteiger partial charge in [0.15, 0.2) is 11.5 Å². The molecule has 0 spiro atoms. The lowest BCUT2D eigenvalue weighted by Crippen LogP contribution is -2.37. The van der Waals surface area contributed by atoms with Crippen molar-refractivity contribution in [2.45, 2.75) is 24.8 Å². The van der Waals surface area contributed by atoms with Gasteiger partial charge >= 0.3 is 0 Å². The largest absolute Gasteiger partial charge is 0.504 e. The van der Waals surface area contributed by atoms with Crippen LogP contribution in [-0.4, -0.2) is 44.6 Å². The first-order chi connectivity index (χ1) is 8.51. The van der Waals surface area contributed by atoms with Gasteiger partial charge in [-0.3, -0.25) is 0 Å². The fraction of sp³-hybridized carbons (Fsp3) is 0.500. The summed E-state index contributed by atoms with van der Waals surface area (Å²) in [7, 11) is 0. The quantitative estimate of drug-likeness (QED) is 0.497. The topological polar surface area (TPSA) is 93.0 Å². The Bertz CT molecular complexity index is 396. The van der Waals surface area contributed by atoms with Crippen LogP contribution in [0.2, 0.25) is 0 Å². The molecule has 102 valence electrons. The third kappa shape index (κ3) is 3.44. The number of aliphatic hydroxyl groups excluding tert-OH is 1. The smallest absolute Gasteiger partial charge is 0.200 e. The van der Waals surface area contributed by atoms with E-state index in [-0.39, 0.29) is 29.4 Å². The van der Waals surface area contributed by atoms with Crippen LogP contribution in [0, 0.1) is 0 Å². The van der Waals surface area contributed by atoms with Crippen molar-refractivity contribution in [1.29, 1.82) is 0 Å². The summed E-state index contributed by atoms with van der Waals surface area (Å²) in [6.45, 7) is 2.36. The Morgan fingerprint density at radius 3 is 2.44 bits per heavy atom. The first kappa shape index (κ1) is 14.9. The molecule has 0 saturated heterocycles. The molecule has 0 aromatic heterocycles. The lowest BCUT2D eigenvalue weighted by atomic mass is 10.1. The van der Waals surface area contributed by atoms with Crippen molar-refractivity contribution >= 4 is 11.8 Å². The number of hydrogen-bond donors (Lipinski definition) is 5. The summed E-state index contributed by atoms with van der Waals surface area (Å²) in [6.07, 6.45) is 1.92. The van der Waals surface area contributed by atoms with E-state index in [1.807, 2.05) is 13.2 Å². The number of nitrogens with one attached hydrogen (secondary N) is 1. The van der Waals surface area contributed by atoms with Crippen LogP contribution in [0.4, 0.5) is 0 Å². The van der Waals surface area contributed by atoms with E-state index in [0.717, 1.165) is 0 Å². The molecule has 0 aliphatic rings. The number of phenols is 3.